The van der Waals surface area contributed by atoms with Crippen LogP contribution in [0, 0.1) is 5.82 Å². The number of anilines is 1. The summed E-state index contributed by atoms with van der Waals surface area (Å²) in [6.45, 7) is 11.3. The van der Waals surface area contributed by atoms with Crippen molar-refractivity contribution < 1.29 is 32.2 Å². The lowest BCUT2D eigenvalue weighted by Crippen LogP contribution is -2.28. The first-order valence-electron chi connectivity index (χ1n) is 13.0. The van der Waals surface area contributed by atoms with Crippen molar-refractivity contribution in [3.63, 3.8) is 0 Å². The molecule has 0 unspecified atom stereocenters. The zero-order valence-corrected chi connectivity index (χ0v) is 25.4. The van der Waals surface area contributed by atoms with E-state index in [2.05, 4.69) is 40.7 Å². The number of allylic oxidation sites excluding steroid dienone is 1. The number of hydrogen-bond donors (Lipinski definition) is 1. The summed E-state index contributed by atoms with van der Waals surface area (Å²) in [5, 5.41) is 10.9. The molecule has 0 bridgehead atoms. The number of alkyl halides is 3. The van der Waals surface area contributed by atoms with Crippen molar-refractivity contribution in [2.45, 2.75) is 60.2 Å². The van der Waals surface area contributed by atoms with Gasteiger partial charge < -0.3 is 14.8 Å². The summed E-state index contributed by atoms with van der Waals surface area (Å²) in [4.78, 5) is 24.6. The largest absolute Gasteiger partial charge is 0.442 e. The van der Waals surface area contributed by atoms with Gasteiger partial charge in [-0.1, -0.05) is 26.8 Å². The van der Waals surface area contributed by atoms with Crippen molar-refractivity contribution in [2.75, 3.05) is 11.2 Å². The molecule has 0 spiro atoms. The highest BCUT2D eigenvalue weighted by molar-refractivity contribution is 6.29. The fraction of sp³-hybridized carbons (Fsp3) is 0.379. The molecule has 3 rings (SSSR count). The van der Waals surface area contributed by atoms with Crippen molar-refractivity contribution in [3.05, 3.63) is 53.7 Å². The number of benzene rings is 1. The van der Waals surface area contributed by atoms with E-state index in [-0.39, 0.29) is 28.2 Å². The van der Waals surface area contributed by atoms with Crippen molar-refractivity contribution in [1.29, 1.82) is 0 Å². The quantitative estimate of drug-likeness (QED) is 0.264. The van der Waals surface area contributed by atoms with Crippen molar-refractivity contribution in [2.24, 2.45) is 7.05 Å². The van der Waals surface area contributed by atoms with Gasteiger partial charge in [-0.3, -0.25) is 9.48 Å². The van der Waals surface area contributed by atoms with Gasteiger partial charge in [0.1, 0.15) is 28.7 Å². The van der Waals surface area contributed by atoms with E-state index in [1.807, 2.05) is 0 Å². The first kappa shape index (κ1) is 34.1. The molecule has 0 radical (unpaired) electrons. The van der Waals surface area contributed by atoms with Gasteiger partial charge in [-0.15, -0.1) is 11.6 Å². The van der Waals surface area contributed by atoms with Crippen molar-refractivity contribution in [1.82, 2.24) is 19.6 Å². The molecule has 0 atom stereocenters. The van der Waals surface area contributed by atoms with E-state index in [0.717, 1.165) is 16.8 Å². The molecule has 0 aliphatic carbocycles. The summed E-state index contributed by atoms with van der Waals surface area (Å²) in [6, 6.07) is 2.02. The summed E-state index contributed by atoms with van der Waals surface area (Å²) >= 11 is 5.47. The number of aromatic nitrogens is 4. The van der Waals surface area contributed by atoms with Crippen LogP contribution in [0.3, 0.4) is 0 Å². The molecule has 2 heterocycles. The zero-order valence-electron chi connectivity index (χ0n) is 24.6. The van der Waals surface area contributed by atoms with E-state index in [4.69, 9.17) is 16.3 Å². The lowest BCUT2D eigenvalue weighted by molar-refractivity contribution is -0.113. The average Bonchev–Trinajstić information content (AvgIpc) is 3.45. The van der Waals surface area contributed by atoms with Crippen LogP contribution < -0.4 is 10.1 Å². The van der Waals surface area contributed by atoms with Crippen LogP contribution in [0.1, 0.15) is 64.8 Å². The van der Waals surface area contributed by atoms with Gasteiger partial charge in [0.25, 0.3) is 0 Å². The highest BCUT2D eigenvalue weighted by Gasteiger charge is 2.26. The van der Waals surface area contributed by atoms with Crippen LogP contribution in [0.5, 0.6) is 5.75 Å². The molecule has 1 aromatic carbocycles. The Bertz CT molecular complexity index is 1460. The third-order valence-corrected chi connectivity index (χ3v) is 5.37. The smallest absolute Gasteiger partial charge is 0.435 e. The summed E-state index contributed by atoms with van der Waals surface area (Å²) in [5.74, 6) is -2.55. The highest BCUT2D eigenvalue weighted by Crippen LogP contribution is 2.37. The van der Waals surface area contributed by atoms with Gasteiger partial charge >= 0.3 is 12.7 Å². The van der Waals surface area contributed by atoms with Crippen LogP contribution in [0.15, 0.2) is 31.1 Å². The maximum Gasteiger partial charge on any atom is 0.435 e. The third-order valence-electron chi connectivity index (χ3n) is 5.13. The minimum Gasteiger partial charge on any atom is -0.442 e. The van der Waals surface area contributed by atoms with Crippen LogP contribution in [0.25, 0.3) is 29.0 Å². The molecule has 0 aliphatic rings. The Kier molecular flexibility index (Phi) is 12.0. The summed E-state index contributed by atoms with van der Waals surface area (Å²) in [5.41, 5.74) is 0.246. The van der Waals surface area contributed by atoms with E-state index in [0.29, 0.717) is 11.1 Å². The van der Waals surface area contributed by atoms with E-state index in [1.165, 1.54) is 36.4 Å². The minimum atomic E-state index is -3.28. The Labute approximate surface area is 247 Å². The van der Waals surface area contributed by atoms with Gasteiger partial charge in [-0.2, -0.15) is 23.7 Å². The maximum absolute atomic E-state index is 15.3. The Balaban J connectivity index is 0.00000197. The molecule has 0 saturated heterocycles. The summed E-state index contributed by atoms with van der Waals surface area (Å²) in [6.07, 6.45) is 6.46. The molecule has 13 heteroatoms. The topological polar surface area (TPSA) is 100 Å². The number of rotatable bonds is 8. The maximum atomic E-state index is 15.3. The second-order valence-corrected chi connectivity index (χ2v) is 10.3. The first-order chi connectivity index (χ1) is 19.6. The Morgan fingerprint density at radius 3 is 2.38 bits per heavy atom. The molecule has 0 fully saturated rings. The highest BCUT2D eigenvalue weighted by atomic mass is 35.5. The van der Waals surface area contributed by atoms with E-state index in [1.54, 1.807) is 34.0 Å². The van der Waals surface area contributed by atoms with Gasteiger partial charge in [0.15, 0.2) is 0 Å². The predicted molar refractivity (Wildman–Crippen MR) is 158 cm³/mol. The molecule has 2 aromatic heterocycles. The molecule has 42 heavy (non-hydrogen) atoms. The van der Waals surface area contributed by atoms with E-state index in [9.17, 15) is 18.4 Å². The Hall–Kier alpha value is -4.06. The molecule has 1 amide bonds. The van der Waals surface area contributed by atoms with Gasteiger partial charge in [0.2, 0.25) is 5.91 Å². The number of ether oxygens (including phenoxy) is 2. The van der Waals surface area contributed by atoms with Crippen LogP contribution in [-0.2, 0) is 16.6 Å². The lowest BCUT2D eigenvalue weighted by atomic mass is 9.99. The van der Waals surface area contributed by atoms with Crippen molar-refractivity contribution in [3.8, 4) is 17.0 Å². The Morgan fingerprint density at radius 1 is 1.24 bits per heavy atom. The number of amides is 1. The number of hydrogen-bond acceptors (Lipinski definition) is 6. The summed E-state index contributed by atoms with van der Waals surface area (Å²) in [7, 11) is 1.69. The fourth-order valence-corrected chi connectivity index (χ4v) is 3.76. The van der Waals surface area contributed by atoms with Crippen LogP contribution >= 0.6 is 11.6 Å². The van der Waals surface area contributed by atoms with E-state index >= 15 is 4.39 Å². The van der Waals surface area contributed by atoms with Gasteiger partial charge in [-0.05, 0) is 51.5 Å². The Morgan fingerprint density at radius 2 is 1.88 bits per heavy atom. The van der Waals surface area contributed by atoms with E-state index < -0.39 is 41.7 Å². The molecule has 0 saturated carbocycles. The number of carbonyl (C=O) groups excluding carboxylic acids is 2. The van der Waals surface area contributed by atoms with Crippen LogP contribution in [0.2, 0.25) is 0 Å². The molecule has 9 nitrogen and oxygen atoms in total. The zero-order chi connectivity index (χ0) is 31.8. The van der Waals surface area contributed by atoms with Gasteiger partial charge in [0, 0.05) is 36.1 Å². The van der Waals surface area contributed by atoms with Crippen molar-refractivity contribution >= 4 is 47.0 Å². The monoisotopic (exact) mass is 609 g/mol. The standard InChI is InChI=1S/C26H27ClF3N5O4.C3H8/c1-7-19-17(23(15-12-31-34(6)13-15)33-35(19)25(37)39-26(3,4)5)8-14(2)22-18(28)9-16(32-21(36)11-27)10-20(22)38-24(29)30;1-3-2/h7-10,12-13,24H,1,11H2,2-6H3,(H,32,36);3H2,1-2H3/b14-8+;. The summed E-state index contributed by atoms with van der Waals surface area (Å²) < 4.78 is 54.4. The minimum absolute atomic E-state index is 0.120. The lowest BCUT2D eigenvalue weighted by Gasteiger charge is -2.19. The molecule has 0 aliphatic heterocycles. The van der Waals surface area contributed by atoms with Gasteiger partial charge in [0.05, 0.1) is 17.5 Å². The third kappa shape index (κ3) is 8.97. The van der Waals surface area contributed by atoms with Gasteiger partial charge in [-0.25, -0.2) is 9.18 Å². The predicted octanol–water partition coefficient (Wildman–Crippen LogP) is 7.60. The number of nitrogens with one attached hydrogen (secondary N) is 1. The van der Waals surface area contributed by atoms with Crippen LogP contribution in [0.4, 0.5) is 23.7 Å². The number of carbonyl (C=O) groups is 2. The normalized spacial score (nSPS) is 11.6. The second kappa shape index (κ2) is 14.7. The fourth-order valence-electron chi connectivity index (χ4n) is 3.69. The molecule has 1 N–H and O–H groups in total. The number of nitrogens with zero attached hydrogens (tertiary/aromatic N) is 4. The number of halogens is 4. The van der Waals surface area contributed by atoms with Crippen LogP contribution in [-0.4, -0.2) is 49.7 Å². The average molecular weight is 610 g/mol. The molecule has 3 aromatic rings. The number of aryl methyl sites for hydroxylation is 1. The molecular weight excluding hydrogens is 575 g/mol. The SMILES string of the molecule is C=Cc1c(/C=C(\C)c2c(F)cc(NC(=O)CCl)cc2OC(F)F)c(-c2cnn(C)c2)nn1C(=O)OC(C)(C)C.CCC. The molecule has 228 valence electrons. The second-order valence-electron chi connectivity index (χ2n) is 10.1. The molecular formula is C29H35ClF3N5O4. The first-order valence-corrected chi connectivity index (χ1v) is 13.5.